The molecule has 2 unspecified atom stereocenters. The number of nitrogens with one attached hydrogen (secondary N) is 1. The molecule has 0 amide bonds. The van der Waals surface area contributed by atoms with Crippen LogP contribution in [0.2, 0.25) is 0 Å². The molecule has 0 aromatic carbocycles. The van der Waals surface area contributed by atoms with Crippen molar-refractivity contribution in [1.29, 1.82) is 0 Å². The van der Waals surface area contributed by atoms with Gasteiger partial charge < -0.3 is 19.5 Å². The second kappa shape index (κ2) is 7.40. The third kappa shape index (κ3) is 3.90. The van der Waals surface area contributed by atoms with Gasteiger partial charge in [0.2, 0.25) is 0 Å². The van der Waals surface area contributed by atoms with Crippen LogP contribution < -0.4 is 5.32 Å². The smallest absolute Gasteiger partial charge is 0.0971 e. The molecule has 0 saturated carbocycles. The molecule has 1 N–H and O–H groups in total. The third-order valence-corrected chi connectivity index (χ3v) is 3.98. The van der Waals surface area contributed by atoms with Gasteiger partial charge in [0.05, 0.1) is 12.2 Å². The van der Waals surface area contributed by atoms with Gasteiger partial charge in [-0.25, -0.2) is 0 Å². The molecule has 2 saturated heterocycles. The number of rotatable bonds is 6. The van der Waals surface area contributed by atoms with E-state index in [9.17, 15) is 0 Å². The third-order valence-electron chi connectivity index (χ3n) is 3.98. The largest absolute Gasteiger partial charge is 0.381 e. The molecule has 0 aromatic heterocycles. The van der Waals surface area contributed by atoms with Crippen molar-refractivity contribution in [3.8, 4) is 0 Å². The van der Waals surface area contributed by atoms with Gasteiger partial charge in [0.25, 0.3) is 0 Å². The minimum Gasteiger partial charge on any atom is -0.381 e. The minimum atomic E-state index is 0.220. The number of hydrogen-bond donors (Lipinski definition) is 1. The first kappa shape index (κ1) is 14.2. The van der Waals surface area contributed by atoms with Crippen LogP contribution in [0, 0.1) is 0 Å². The van der Waals surface area contributed by atoms with E-state index in [2.05, 4.69) is 10.2 Å². The van der Waals surface area contributed by atoms with E-state index in [-0.39, 0.29) is 12.2 Å². The molecule has 0 spiro atoms. The molecule has 2 aliphatic heterocycles. The lowest BCUT2D eigenvalue weighted by molar-refractivity contribution is -0.00461. The maximum atomic E-state index is 5.44. The molecule has 2 rings (SSSR count). The Kier molecular flexibility index (Phi) is 5.85. The molecule has 5 heteroatoms. The molecule has 2 atom stereocenters. The van der Waals surface area contributed by atoms with E-state index in [1.54, 1.807) is 14.2 Å². The maximum Gasteiger partial charge on any atom is 0.0971 e. The molecule has 2 fully saturated rings. The van der Waals surface area contributed by atoms with Gasteiger partial charge in [-0.05, 0) is 12.8 Å². The summed E-state index contributed by atoms with van der Waals surface area (Å²) in [7, 11) is 3.53. The van der Waals surface area contributed by atoms with Crippen LogP contribution in [0.15, 0.2) is 0 Å². The van der Waals surface area contributed by atoms with E-state index in [1.165, 1.54) is 0 Å². The quantitative estimate of drug-likeness (QED) is 0.732. The Morgan fingerprint density at radius 1 is 1.11 bits per heavy atom. The lowest BCUT2D eigenvalue weighted by atomic mass is 10.1. The normalized spacial score (nSPS) is 31.0. The van der Waals surface area contributed by atoms with Gasteiger partial charge in [-0.3, -0.25) is 4.90 Å². The molecule has 0 bridgehead atoms. The first-order valence-corrected chi connectivity index (χ1v) is 6.92. The van der Waals surface area contributed by atoms with Crippen LogP contribution in [0.1, 0.15) is 12.8 Å². The van der Waals surface area contributed by atoms with Gasteiger partial charge in [0.15, 0.2) is 0 Å². The van der Waals surface area contributed by atoms with Gasteiger partial charge in [-0.1, -0.05) is 0 Å². The summed E-state index contributed by atoms with van der Waals surface area (Å²) in [6.07, 6.45) is 2.72. The first-order chi connectivity index (χ1) is 8.83. The summed E-state index contributed by atoms with van der Waals surface area (Å²) in [5.41, 5.74) is 0. The van der Waals surface area contributed by atoms with Gasteiger partial charge in [0, 0.05) is 59.7 Å². The van der Waals surface area contributed by atoms with E-state index in [0.29, 0.717) is 6.04 Å². The summed E-state index contributed by atoms with van der Waals surface area (Å²) in [4.78, 5) is 2.41. The van der Waals surface area contributed by atoms with Crippen LogP contribution in [0.4, 0.5) is 0 Å². The summed E-state index contributed by atoms with van der Waals surface area (Å²) in [5, 5.41) is 3.61. The standard InChI is InChI=1S/C13H26N2O3/c1-16-12-9-15(10-13(12)17-2)6-5-14-11-3-7-18-8-4-11/h11-14H,3-10H2,1-2H3. The van der Waals surface area contributed by atoms with Crippen molar-refractivity contribution >= 4 is 0 Å². The molecular formula is C13H26N2O3. The SMILES string of the molecule is COC1CN(CCNC2CCOCC2)CC1OC. The van der Waals surface area contributed by atoms with Gasteiger partial charge in [-0.15, -0.1) is 0 Å². The van der Waals surface area contributed by atoms with Crippen LogP contribution in [0.3, 0.4) is 0 Å². The fourth-order valence-corrected chi connectivity index (χ4v) is 2.78. The Morgan fingerprint density at radius 3 is 2.28 bits per heavy atom. The van der Waals surface area contributed by atoms with Crippen molar-refractivity contribution in [2.75, 3.05) is 53.6 Å². The Labute approximate surface area is 110 Å². The molecule has 0 aliphatic carbocycles. The van der Waals surface area contributed by atoms with E-state index < -0.39 is 0 Å². The van der Waals surface area contributed by atoms with Gasteiger partial charge in [-0.2, -0.15) is 0 Å². The van der Waals surface area contributed by atoms with Crippen molar-refractivity contribution in [2.24, 2.45) is 0 Å². The molecule has 5 nitrogen and oxygen atoms in total. The number of ether oxygens (including phenoxy) is 3. The number of nitrogens with zero attached hydrogens (tertiary/aromatic N) is 1. The highest BCUT2D eigenvalue weighted by Crippen LogP contribution is 2.15. The Morgan fingerprint density at radius 2 is 1.72 bits per heavy atom. The molecular weight excluding hydrogens is 232 g/mol. The number of hydrogen-bond acceptors (Lipinski definition) is 5. The van der Waals surface area contributed by atoms with E-state index in [1.807, 2.05) is 0 Å². The lowest BCUT2D eigenvalue weighted by Gasteiger charge is -2.24. The zero-order valence-electron chi connectivity index (χ0n) is 11.6. The van der Waals surface area contributed by atoms with E-state index >= 15 is 0 Å². The second-order valence-corrected chi connectivity index (χ2v) is 5.15. The van der Waals surface area contributed by atoms with Crippen LogP contribution in [0.25, 0.3) is 0 Å². The molecule has 2 aliphatic rings. The van der Waals surface area contributed by atoms with Gasteiger partial charge in [0.1, 0.15) is 0 Å². The lowest BCUT2D eigenvalue weighted by Crippen LogP contribution is -2.39. The summed E-state index contributed by atoms with van der Waals surface area (Å²) in [5.74, 6) is 0. The zero-order valence-corrected chi connectivity index (χ0v) is 11.6. The minimum absolute atomic E-state index is 0.220. The maximum absolute atomic E-state index is 5.44. The average Bonchev–Trinajstić information content (AvgIpc) is 2.82. The fraction of sp³-hybridized carbons (Fsp3) is 1.00. The van der Waals surface area contributed by atoms with Crippen molar-refractivity contribution in [3.63, 3.8) is 0 Å². The molecule has 0 radical (unpaired) electrons. The van der Waals surface area contributed by atoms with Crippen LogP contribution in [-0.4, -0.2) is 76.8 Å². The molecule has 0 aromatic rings. The predicted octanol–water partition coefficient (Wildman–Crippen LogP) is 0.101. The van der Waals surface area contributed by atoms with Crippen molar-refractivity contribution < 1.29 is 14.2 Å². The first-order valence-electron chi connectivity index (χ1n) is 6.92. The average molecular weight is 258 g/mol. The highest BCUT2D eigenvalue weighted by molar-refractivity contribution is 4.86. The molecule has 2 heterocycles. The Balaban J connectivity index is 1.62. The fourth-order valence-electron chi connectivity index (χ4n) is 2.78. The summed E-state index contributed by atoms with van der Waals surface area (Å²) in [6, 6.07) is 0.637. The monoisotopic (exact) mass is 258 g/mol. The highest BCUT2D eigenvalue weighted by atomic mass is 16.5. The summed E-state index contributed by atoms with van der Waals surface area (Å²) < 4.78 is 16.2. The molecule has 18 heavy (non-hydrogen) atoms. The molecule has 106 valence electrons. The van der Waals surface area contributed by atoms with Crippen molar-refractivity contribution in [3.05, 3.63) is 0 Å². The van der Waals surface area contributed by atoms with Crippen LogP contribution >= 0.6 is 0 Å². The Bertz CT molecular complexity index is 222. The summed E-state index contributed by atoms with van der Waals surface area (Å²) >= 11 is 0. The number of methoxy groups -OCH3 is 2. The number of likely N-dealkylation sites (tertiary alicyclic amines) is 1. The topological polar surface area (TPSA) is 43.0 Å². The predicted molar refractivity (Wildman–Crippen MR) is 69.9 cm³/mol. The summed E-state index contributed by atoms with van der Waals surface area (Å²) in [6.45, 7) is 5.86. The van der Waals surface area contributed by atoms with Gasteiger partial charge >= 0.3 is 0 Å². The van der Waals surface area contributed by atoms with E-state index in [4.69, 9.17) is 14.2 Å². The zero-order chi connectivity index (χ0) is 12.8. The van der Waals surface area contributed by atoms with Crippen molar-refractivity contribution in [1.82, 2.24) is 10.2 Å². The second-order valence-electron chi connectivity index (χ2n) is 5.15. The van der Waals surface area contributed by atoms with Crippen molar-refractivity contribution in [2.45, 2.75) is 31.1 Å². The van der Waals surface area contributed by atoms with E-state index in [0.717, 1.165) is 52.2 Å². The Hall–Kier alpha value is -0.200. The van der Waals surface area contributed by atoms with Crippen LogP contribution in [0.5, 0.6) is 0 Å². The highest BCUT2D eigenvalue weighted by Gasteiger charge is 2.32. The van der Waals surface area contributed by atoms with Crippen LogP contribution in [-0.2, 0) is 14.2 Å².